The van der Waals surface area contributed by atoms with Gasteiger partial charge in [0.15, 0.2) is 0 Å². The normalized spacial score (nSPS) is 10.2. The number of ether oxygens (including phenoxy) is 1. The van der Waals surface area contributed by atoms with Crippen molar-refractivity contribution in [1.29, 1.82) is 0 Å². The Kier molecular flexibility index (Phi) is 3.66. The molecule has 2 aromatic rings. The van der Waals surface area contributed by atoms with Gasteiger partial charge in [0.1, 0.15) is 5.75 Å². The molecule has 17 heavy (non-hydrogen) atoms. The van der Waals surface area contributed by atoms with E-state index in [1.165, 1.54) is 0 Å². The molecule has 0 saturated heterocycles. The summed E-state index contributed by atoms with van der Waals surface area (Å²) in [5.41, 5.74) is 8.77. The van der Waals surface area contributed by atoms with Gasteiger partial charge in [-0.1, -0.05) is 37.3 Å². The van der Waals surface area contributed by atoms with Crippen LogP contribution in [0.3, 0.4) is 0 Å². The Labute approximate surface area is 102 Å². The van der Waals surface area contributed by atoms with E-state index < -0.39 is 0 Å². The van der Waals surface area contributed by atoms with Crippen LogP contribution in [0.15, 0.2) is 48.5 Å². The van der Waals surface area contributed by atoms with E-state index in [1.54, 1.807) is 0 Å². The first kappa shape index (κ1) is 11.5. The Balaban J connectivity index is 2.39. The van der Waals surface area contributed by atoms with Crippen molar-refractivity contribution < 1.29 is 4.74 Å². The van der Waals surface area contributed by atoms with Crippen LogP contribution in [0.5, 0.6) is 5.75 Å². The van der Waals surface area contributed by atoms with Crippen molar-refractivity contribution in [3.63, 3.8) is 0 Å². The topological polar surface area (TPSA) is 35.2 Å². The average molecular weight is 227 g/mol. The molecule has 0 heterocycles. The van der Waals surface area contributed by atoms with E-state index in [0.717, 1.165) is 29.0 Å². The van der Waals surface area contributed by atoms with Crippen molar-refractivity contribution >= 4 is 5.69 Å². The van der Waals surface area contributed by atoms with Gasteiger partial charge in [-0.3, -0.25) is 0 Å². The lowest BCUT2D eigenvalue weighted by molar-refractivity contribution is 0.319. The monoisotopic (exact) mass is 227 g/mol. The summed E-state index contributed by atoms with van der Waals surface area (Å²) in [4.78, 5) is 0. The molecule has 0 radical (unpaired) electrons. The van der Waals surface area contributed by atoms with Gasteiger partial charge in [0.05, 0.1) is 6.61 Å². The largest absolute Gasteiger partial charge is 0.493 e. The number of benzene rings is 2. The second-order valence-electron chi connectivity index (χ2n) is 3.97. The molecular formula is C15H17NO. The van der Waals surface area contributed by atoms with Crippen LogP contribution in [0, 0.1) is 0 Å². The van der Waals surface area contributed by atoms with Crippen molar-refractivity contribution in [2.45, 2.75) is 13.3 Å². The summed E-state index contributed by atoms with van der Waals surface area (Å²) >= 11 is 0. The van der Waals surface area contributed by atoms with Crippen LogP contribution >= 0.6 is 0 Å². The molecule has 0 aliphatic carbocycles. The predicted octanol–water partition coefficient (Wildman–Crippen LogP) is 3.72. The molecule has 2 nitrogen and oxygen atoms in total. The van der Waals surface area contributed by atoms with Crippen LogP contribution in [-0.2, 0) is 0 Å². The zero-order valence-electron chi connectivity index (χ0n) is 10.0. The quantitative estimate of drug-likeness (QED) is 0.808. The maximum Gasteiger partial charge on any atom is 0.129 e. The lowest BCUT2D eigenvalue weighted by Crippen LogP contribution is -1.98. The van der Waals surface area contributed by atoms with Gasteiger partial charge in [-0.25, -0.2) is 0 Å². The van der Waals surface area contributed by atoms with Crippen LogP contribution in [0.2, 0.25) is 0 Å². The van der Waals surface area contributed by atoms with Gasteiger partial charge < -0.3 is 10.5 Å². The number of hydrogen-bond donors (Lipinski definition) is 1. The number of nitrogen functional groups attached to an aromatic ring is 1. The molecule has 0 unspecified atom stereocenters. The fraction of sp³-hybridized carbons (Fsp3) is 0.200. The summed E-state index contributed by atoms with van der Waals surface area (Å²) in [6.07, 6.45) is 0.989. The first-order chi connectivity index (χ1) is 8.31. The van der Waals surface area contributed by atoms with Crippen molar-refractivity contribution in [1.82, 2.24) is 0 Å². The molecule has 0 aliphatic rings. The molecule has 2 N–H and O–H groups in total. The van der Waals surface area contributed by atoms with Gasteiger partial charge in [0.25, 0.3) is 0 Å². The summed E-state index contributed by atoms with van der Waals surface area (Å²) in [7, 11) is 0. The predicted molar refractivity (Wildman–Crippen MR) is 72.1 cm³/mol. The molecule has 2 heteroatoms. The Morgan fingerprint density at radius 1 is 1.06 bits per heavy atom. The molecule has 0 saturated carbocycles. The van der Waals surface area contributed by atoms with E-state index >= 15 is 0 Å². The SMILES string of the molecule is CCCOc1cc(N)ccc1-c1ccccc1. The molecular weight excluding hydrogens is 210 g/mol. The Morgan fingerprint density at radius 2 is 1.82 bits per heavy atom. The molecule has 0 spiro atoms. The van der Waals surface area contributed by atoms with E-state index in [4.69, 9.17) is 10.5 Å². The van der Waals surface area contributed by atoms with Gasteiger partial charge >= 0.3 is 0 Å². The fourth-order valence-corrected chi connectivity index (χ4v) is 1.73. The smallest absolute Gasteiger partial charge is 0.129 e. The fourth-order valence-electron chi connectivity index (χ4n) is 1.73. The lowest BCUT2D eigenvalue weighted by Gasteiger charge is -2.11. The Bertz CT molecular complexity index is 480. The van der Waals surface area contributed by atoms with E-state index in [-0.39, 0.29) is 0 Å². The molecule has 0 amide bonds. The first-order valence-corrected chi connectivity index (χ1v) is 5.89. The average Bonchev–Trinajstić information content (AvgIpc) is 2.37. The summed E-state index contributed by atoms with van der Waals surface area (Å²) < 4.78 is 5.74. The summed E-state index contributed by atoms with van der Waals surface area (Å²) in [6.45, 7) is 2.80. The lowest BCUT2D eigenvalue weighted by atomic mass is 10.0. The van der Waals surface area contributed by atoms with E-state index in [2.05, 4.69) is 19.1 Å². The van der Waals surface area contributed by atoms with E-state index in [9.17, 15) is 0 Å². The molecule has 0 bridgehead atoms. The zero-order valence-corrected chi connectivity index (χ0v) is 10.0. The minimum atomic E-state index is 0.712. The number of hydrogen-bond acceptors (Lipinski definition) is 2. The molecule has 2 aromatic carbocycles. The van der Waals surface area contributed by atoms with Gasteiger partial charge in [0, 0.05) is 17.3 Å². The number of nitrogens with two attached hydrogens (primary N) is 1. The Morgan fingerprint density at radius 3 is 2.53 bits per heavy atom. The summed E-state index contributed by atoms with van der Waals surface area (Å²) in [5.74, 6) is 0.859. The maximum absolute atomic E-state index is 5.80. The van der Waals surface area contributed by atoms with Crippen LogP contribution in [-0.4, -0.2) is 6.61 Å². The van der Waals surface area contributed by atoms with E-state index in [0.29, 0.717) is 6.61 Å². The third kappa shape index (κ3) is 2.78. The number of anilines is 1. The van der Waals surface area contributed by atoms with Crippen molar-refractivity contribution in [3.05, 3.63) is 48.5 Å². The van der Waals surface area contributed by atoms with Crippen molar-refractivity contribution in [2.75, 3.05) is 12.3 Å². The molecule has 0 atom stereocenters. The maximum atomic E-state index is 5.80. The molecule has 2 rings (SSSR count). The van der Waals surface area contributed by atoms with Crippen molar-refractivity contribution in [3.8, 4) is 16.9 Å². The van der Waals surface area contributed by atoms with Crippen LogP contribution in [0.4, 0.5) is 5.69 Å². The minimum Gasteiger partial charge on any atom is -0.493 e. The number of rotatable bonds is 4. The highest BCUT2D eigenvalue weighted by Crippen LogP contribution is 2.31. The summed E-state index contributed by atoms with van der Waals surface area (Å²) in [6, 6.07) is 16.0. The van der Waals surface area contributed by atoms with Gasteiger partial charge in [-0.2, -0.15) is 0 Å². The molecule has 0 aromatic heterocycles. The van der Waals surface area contributed by atoms with Crippen LogP contribution < -0.4 is 10.5 Å². The summed E-state index contributed by atoms with van der Waals surface area (Å²) in [5, 5.41) is 0. The molecule has 0 aliphatic heterocycles. The zero-order chi connectivity index (χ0) is 12.1. The third-order valence-corrected chi connectivity index (χ3v) is 2.55. The van der Waals surface area contributed by atoms with Crippen LogP contribution in [0.1, 0.15) is 13.3 Å². The first-order valence-electron chi connectivity index (χ1n) is 5.89. The molecule has 0 fully saturated rings. The highest BCUT2D eigenvalue weighted by atomic mass is 16.5. The van der Waals surface area contributed by atoms with Crippen molar-refractivity contribution in [2.24, 2.45) is 0 Å². The standard InChI is InChI=1S/C15H17NO/c1-2-10-17-15-11-13(16)8-9-14(15)12-6-4-3-5-7-12/h3-9,11H,2,10,16H2,1H3. The highest BCUT2D eigenvalue weighted by Gasteiger charge is 2.06. The van der Waals surface area contributed by atoms with Gasteiger partial charge in [-0.05, 0) is 24.1 Å². The highest BCUT2D eigenvalue weighted by molar-refractivity contribution is 5.72. The second kappa shape index (κ2) is 5.39. The van der Waals surface area contributed by atoms with E-state index in [1.807, 2.05) is 36.4 Å². The second-order valence-corrected chi connectivity index (χ2v) is 3.97. The van der Waals surface area contributed by atoms with Crippen LogP contribution in [0.25, 0.3) is 11.1 Å². The van der Waals surface area contributed by atoms with Gasteiger partial charge in [0.2, 0.25) is 0 Å². The van der Waals surface area contributed by atoms with Gasteiger partial charge in [-0.15, -0.1) is 0 Å². The Hall–Kier alpha value is -1.96. The third-order valence-electron chi connectivity index (χ3n) is 2.55. The molecule has 88 valence electrons. The minimum absolute atomic E-state index is 0.712.